The maximum Gasteiger partial charge on any atom is 0.380 e. The quantitative estimate of drug-likeness (QED) is 0.444. The molecular formula is C19H22BrN5O3S2. The van der Waals surface area contributed by atoms with E-state index in [4.69, 9.17) is 15.1 Å². The Hall–Kier alpha value is -1.92. The number of thioether (sulfide) groups is 1. The maximum absolute atomic E-state index is 11.1. The molecule has 1 aromatic heterocycles. The Balaban J connectivity index is 1.79. The molecule has 160 valence electrons. The molecule has 0 atom stereocenters. The fraction of sp³-hybridized carbons (Fsp3) is 0.263. The van der Waals surface area contributed by atoms with E-state index in [1.54, 1.807) is 41.0 Å². The number of hydrogen-bond donors (Lipinski definition) is 2. The van der Waals surface area contributed by atoms with Crippen LogP contribution in [0, 0.1) is 0 Å². The van der Waals surface area contributed by atoms with Gasteiger partial charge in [-0.05, 0) is 64.7 Å². The van der Waals surface area contributed by atoms with Gasteiger partial charge < -0.3 is 9.92 Å². The van der Waals surface area contributed by atoms with Crippen LogP contribution in [0.3, 0.4) is 0 Å². The first-order valence-electron chi connectivity index (χ1n) is 8.89. The van der Waals surface area contributed by atoms with Gasteiger partial charge in [-0.3, -0.25) is 0 Å². The van der Waals surface area contributed by atoms with Crippen molar-refractivity contribution in [3.63, 3.8) is 0 Å². The lowest BCUT2D eigenvalue weighted by molar-refractivity contribution is 0.486. The van der Waals surface area contributed by atoms with Gasteiger partial charge >= 0.3 is 10.3 Å². The average molecular weight is 512 g/mol. The van der Waals surface area contributed by atoms with Crippen molar-refractivity contribution < 1.29 is 12.6 Å². The van der Waals surface area contributed by atoms with Crippen LogP contribution >= 0.6 is 27.7 Å². The van der Waals surface area contributed by atoms with Crippen LogP contribution in [-0.2, 0) is 28.1 Å². The summed E-state index contributed by atoms with van der Waals surface area (Å²) in [5, 5.41) is 9.09. The summed E-state index contributed by atoms with van der Waals surface area (Å²) in [6.07, 6.45) is 3.19. The van der Waals surface area contributed by atoms with E-state index in [2.05, 4.69) is 44.2 Å². The highest BCUT2D eigenvalue weighted by Gasteiger charge is 2.16. The lowest BCUT2D eigenvalue weighted by Gasteiger charge is -2.21. The average Bonchev–Trinajstić information content (AvgIpc) is 3.13. The summed E-state index contributed by atoms with van der Waals surface area (Å²) in [4.78, 5) is 4.93. The summed E-state index contributed by atoms with van der Waals surface area (Å²) in [5.41, 5.74) is 9.10. The number of nitrogens with two attached hydrogens (primary N) is 2. The van der Waals surface area contributed by atoms with Crippen LogP contribution in [0.2, 0.25) is 0 Å². The third kappa shape index (κ3) is 6.54. The first-order chi connectivity index (χ1) is 14.0. The normalized spacial score (nSPS) is 12.2. The van der Waals surface area contributed by atoms with Crippen molar-refractivity contribution in [3.05, 3.63) is 70.2 Å². The van der Waals surface area contributed by atoms with Crippen LogP contribution in [0.4, 0.5) is 0 Å². The van der Waals surface area contributed by atoms with Gasteiger partial charge in [-0.15, -0.1) is 11.8 Å². The molecule has 3 rings (SSSR count). The first kappa shape index (κ1) is 22.8. The molecule has 0 spiro atoms. The zero-order chi connectivity index (χ0) is 21.9. The SMILES string of the molecule is CC(C)(N)c1cc(CSc2ccc(OS(N)(=O)=O)c(Br)c2)cc(Cn2cncn2)c1. The van der Waals surface area contributed by atoms with Gasteiger partial charge in [0.25, 0.3) is 0 Å². The molecule has 0 bridgehead atoms. The minimum Gasteiger partial charge on any atom is -0.370 e. The lowest BCUT2D eigenvalue weighted by atomic mass is 9.92. The van der Waals surface area contributed by atoms with Gasteiger partial charge in [0.1, 0.15) is 12.7 Å². The lowest BCUT2D eigenvalue weighted by Crippen LogP contribution is -2.29. The van der Waals surface area contributed by atoms with Crippen molar-refractivity contribution in [3.8, 4) is 5.75 Å². The Morgan fingerprint density at radius 1 is 1.20 bits per heavy atom. The smallest absolute Gasteiger partial charge is 0.370 e. The van der Waals surface area contributed by atoms with Gasteiger partial charge in [0.15, 0.2) is 5.75 Å². The van der Waals surface area contributed by atoms with E-state index in [1.165, 1.54) is 6.33 Å². The summed E-state index contributed by atoms with van der Waals surface area (Å²) < 4.78 is 29.2. The van der Waals surface area contributed by atoms with Gasteiger partial charge in [-0.1, -0.05) is 18.2 Å². The molecule has 0 radical (unpaired) electrons. The Bertz CT molecular complexity index is 1130. The van der Waals surface area contributed by atoms with Crippen LogP contribution in [-0.4, -0.2) is 23.2 Å². The number of rotatable bonds is 8. The molecule has 2 aromatic carbocycles. The highest BCUT2D eigenvalue weighted by atomic mass is 79.9. The molecule has 1 heterocycles. The molecule has 11 heteroatoms. The van der Waals surface area contributed by atoms with Crippen molar-refractivity contribution in [1.29, 1.82) is 0 Å². The standard InChI is InChI=1S/C19H22BrN5O3S2/c1-19(2,21)15-6-13(9-25-12-23-11-24-25)5-14(7-15)10-29-16-3-4-18(17(20)8-16)28-30(22,26)27/h3-8,11-12H,9-10,21H2,1-2H3,(H2,22,26,27). The van der Waals surface area contributed by atoms with Gasteiger partial charge in [-0.2, -0.15) is 18.7 Å². The highest BCUT2D eigenvalue weighted by Crippen LogP contribution is 2.33. The van der Waals surface area contributed by atoms with Gasteiger partial charge in [-0.25, -0.2) is 9.67 Å². The van der Waals surface area contributed by atoms with E-state index in [9.17, 15) is 8.42 Å². The Morgan fingerprint density at radius 3 is 2.53 bits per heavy atom. The van der Waals surface area contributed by atoms with E-state index >= 15 is 0 Å². The second kappa shape index (κ2) is 9.06. The second-order valence-corrected chi connectivity index (χ2v) is 10.4. The van der Waals surface area contributed by atoms with E-state index < -0.39 is 15.8 Å². The van der Waals surface area contributed by atoms with Gasteiger partial charge in [0.05, 0.1) is 11.0 Å². The molecule has 3 aromatic rings. The van der Waals surface area contributed by atoms with E-state index in [0.29, 0.717) is 16.8 Å². The van der Waals surface area contributed by atoms with Crippen molar-refractivity contribution in [2.45, 2.75) is 36.6 Å². The molecular weight excluding hydrogens is 490 g/mol. The Morgan fingerprint density at radius 2 is 1.93 bits per heavy atom. The molecule has 8 nitrogen and oxygen atoms in total. The van der Waals surface area contributed by atoms with E-state index in [1.807, 2.05) is 13.8 Å². The number of nitrogens with zero attached hydrogens (tertiary/aromatic N) is 3. The number of aromatic nitrogens is 3. The minimum atomic E-state index is -4.07. The van der Waals surface area contributed by atoms with E-state index in [0.717, 1.165) is 21.6 Å². The van der Waals surface area contributed by atoms with Crippen molar-refractivity contribution in [1.82, 2.24) is 14.8 Å². The molecule has 0 aliphatic carbocycles. The topological polar surface area (TPSA) is 126 Å². The van der Waals surface area contributed by atoms with Crippen molar-refractivity contribution >= 4 is 38.0 Å². The Kier molecular flexibility index (Phi) is 6.88. The minimum absolute atomic E-state index is 0.142. The van der Waals surface area contributed by atoms with Crippen molar-refractivity contribution in [2.75, 3.05) is 0 Å². The zero-order valence-electron chi connectivity index (χ0n) is 16.4. The largest absolute Gasteiger partial charge is 0.380 e. The number of benzene rings is 2. The first-order valence-corrected chi connectivity index (χ1v) is 12.1. The van der Waals surface area contributed by atoms with Crippen LogP contribution in [0.15, 0.2) is 58.4 Å². The molecule has 4 N–H and O–H groups in total. The summed E-state index contributed by atoms with van der Waals surface area (Å²) in [5.74, 6) is 0.847. The monoisotopic (exact) mass is 511 g/mol. The predicted molar refractivity (Wildman–Crippen MR) is 120 cm³/mol. The highest BCUT2D eigenvalue weighted by molar-refractivity contribution is 9.10. The molecule has 0 saturated heterocycles. The zero-order valence-corrected chi connectivity index (χ0v) is 19.7. The summed E-state index contributed by atoms with van der Waals surface area (Å²) in [6.45, 7) is 4.55. The summed E-state index contributed by atoms with van der Waals surface area (Å²) in [7, 11) is -4.07. The summed E-state index contributed by atoms with van der Waals surface area (Å²) >= 11 is 4.93. The van der Waals surface area contributed by atoms with Crippen LogP contribution in [0.1, 0.15) is 30.5 Å². The van der Waals surface area contributed by atoms with Crippen LogP contribution < -0.4 is 15.1 Å². The molecule has 0 aliphatic heterocycles. The molecule has 0 fully saturated rings. The maximum atomic E-state index is 11.1. The third-order valence-corrected chi connectivity index (χ3v) is 6.22. The second-order valence-electron chi connectivity index (χ2n) is 7.31. The third-order valence-electron chi connectivity index (χ3n) is 4.12. The fourth-order valence-electron chi connectivity index (χ4n) is 2.74. The summed E-state index contributed by atoms with van der Waals surface area (Å²) in [6, 6.07) is 11.4. The molecule has 0 saturated carbocycles. The van der Waals surface area contributed by atoms with Crippen LogP contribution in [0.25, 0.3) is 0 Å². The number of halogens is 1. The predicted octanol–water partition coefficient (Wildman–Crippen LogP) is 3.16. The van der Waals surface area contributed by atoms with Gasteiger partial charge in [0.2, 0.25) is 0 Å². The van der Waals surface area contributed by atoms with Crippen LogP contribution in [0.5, 0.6) is 5.75 Å². The Labute approximate surface area is 188 Å². The molecule has 0 unspecified atom stereocenters. The fourth-order valence-corrected chi connectivity index (χ4v) is 4.72. The molecule has 30 heavy (non-hydrogen) atoms. The van der Waals surface area contributed by atoms with E-state index in [-0.39, 0.29) is 5.75 Å². The number of hydrogen-bond acceptors (Lipinski definition) is 7. The van der Waals surface area contributed by atoms with Gasteiger partial charge in [0, 0.05) is 16.2 Å². The molecule has 0 amide bonds. The molecule has 0 aliphatic rings. The van der Waals surface area contributed by atoms with Crippen molar-refractivity contribution in [2.24, 2.45) is 10.9 Å².